The SMILES string of the molecule is CC[C@H](N)C(=O)Nc1cccc(C(=O)OC)c1C. The molecule has 98 valence electrons. The van der Waals surface area contributed by atoms with Gasteiger partial charge in [0.2, 0.25) is 5.91 Å². The van der Waals surface area contributed by atoms with Crippen LogP contribution in [0.25, 0.3) is 0 Å². The molecule has 3 N–H and O–H groups in total. The van der Waals surface area contributed by atoms with E-state index in [1.54, 1.807) is 25.1 Å². The molecule has 1 amide bonds. The second-order valence-corrected chi connectivity index (χ2v) is 3.97. The average molecular weight is 250 g/mol. The Morgan fingerprint density at radius 2 is 2.11 bits per heavy atom. The average Bonchev–Trinajstić information content (AvgIpc) is 2.39. The zero-order valence-electron chi connectivity index (χ0n) is 10.8. The van der Waals surface area contributed by atoms with E-state index in [0.29, 0.717) is 23.2 Å². The lowest BCUT2D eigenvalue weighted by atomic mass is 10.1. The highest BCUT2D eigenvalue weighted by Gasteiger charge is 2.15. The molecule has 0 bridgehead atoms. The van der Waals surface area contributed by atoms with Gasteiger partial charge >= 0.3 is 5.97 Å². The van der Waals surface area contributed by atoms with Gasteiger partial charge in [-0.1, -0.05) is 13.0 Å². The number of ether oxygens (including phenoxy) is 1. The van der Waals surface area contributed by atoms with E-state index in [1.807, 2.05) is 6.92 Å². The molecule has 0 aliphatic heterocycles. The molecule has 0 saturated carbocycles. The number of carbonyl (C=O) groups is 2. The highest BCUT2D eigenvalue weighted by atomic mass is 16.5. The number of anilines is 1. The molecule has 1 aromatic rings. The quantitative estimate of drug-likeness (QED) is 0.793. The van der Waals surface area contributed by atoms with Gasteiger partial charge in [-0.2, -0.15) is 0 Å². The summed E-state index contributed by atoms with van der Waals surface area (Å²) in [4.78, 5) is 23.2. The predicted octanol–water partition coefficient (Wildman–Crippen LogP) is 1.46. The molecule has 5 nitrogen and oxygen atoms in total. The Morgan fingerprint density at radius 3 is 2.67 bits per heavy atom. The van der Waals surface area contributed by atoms with Crippen LogP contribution in [0.2, 0.25) is 0 Å². The second-order valence-electron chi connectivity index (χ2n) is 3.97. The number of nitrogens with two attached hydrogens (primary N) is 1. The number of esters is 1. The fourth-order valence-corrected chi connectivity index (χ4v) is 1.51. The molecule has 0 saturated heterocycles. The van der Waals surface area contributed by atoms with Crippen LogP contribution in [0.4, 0.5) is 5.69 Å². The third-order valence-electron chi connectivity index (χ3n) is 2.77. The van der Waals surface area contributed by atoms with E-state index >= 15 is 0 Å². The number of amides is 1. The van der Waals surface area contributed by atoms with Gasteiger partial charge in [0, 0.05) is 5.69 Å². The van der Waals surface area contributed by atoms with Gasteiger partial charge in [0.05, 0.1) is 18.7 Å². The number of hydrogen-bond donors (Lipinski definition) is 2. The van der Waals surface area contributed by atoms with E-state index < -0.39 is 12.0 Å². The zero-order valence-corrected chi connectivity index (χ0v) is 10.8. The highest BCUT2D eigenvalue weighted by Crippen LogP contribution is 2.19. The van der Waals surface area contributed by atoms with Crippen molar-refractivity contribution < 1.29 is 14.3 Å². The van der Waals surface area contributed by atoms with Crippen LogP contribution in [-0.4, -0.2) is 25.0 Å². The topological polar surface area (TPSA) is 81.4 Å². The van der Waals surface area contributed by atoms with Gasteiger partial charge in [0.25, 0.3) is 0 Å². The van der Waals surface area contributed by atoms with Crippen LogP contribution in [0, 0.1) is 6.92 Å². The van der Waals surface area contributed by atoms with Crippen LogP contribution in [0.5, 0.6) is 0 Å². The Hall–Kier alpha value is -1.88. The number of benzene rings is 1. The van der Waals surface area contributed by atoms with Gasteiger partial charge in [0.1, 0.15) is 0 Å². The van der Waals surface area contributed by atoms with Crippen LogP contribution in [0.1, 0.15) is 29.3 Å². The standard InChI is InChI=1S/C13H18N2O3/c1-4-10(14)12(16)15-11-7-5-6-9(8(11)2)13(17)18-3/h5-7,10H,4,14H2,1-3H3,(H,15,16)/t10-/m0/s1. The molecule has 0 radical (unpaired) electrons. The third kappa shape index (κ3) is 3.07. The first-order valence-electron chi connectivity index (χ1n) is 5.75. The van der Waals surface area contributed by atoms with Gasteiger partial charge in [-0.3, -0.25) is 4.79 Å². The lowest BCUT2D eigenvalue weighted by molar-refractivity contribution is -0.117. The van der Waals surface area contributed by atoms with Crippen molar-refractivity contribution in [2.24, 2.45) is 5.73 Å². The summed E-state index contributed by atoms with van der Waals surface area (Å²) in [6, 6.07) is 4.51. The van der Waals surface area contributed by atoms with Crippen LogP contribution < -0.4 is 11.1 Å². The summed E-state index contributed by atoms with van der Waals surface area (Å²) in [5, 5.41) is 2.71. The molecule has 1 aromatic carbocycles. The number of hydrogen-bond acceptors (Lipinski definition) is 4. The van der Waals surface area contributed by atoms with Crippen molar-refractivity contribution in [3.8, 4) is 0 Å². The van der Waals surface area contributed by atoms with E-state index in [4.69, 9.17) is 5.73 Å². The summed E-state index contributed by atoms with van der Waals surface area (Å²) in [6.07, 6.45) is 0.557. The minimum absolute atomic E-state index is 0.261. The lowest BCUT2D eigenvalue weighted by Crippen LogP contribution is -2.35. The first-order chi connectivity index (χ1) is 8.51. The molecule has 0 aliphatic rings. The van der Waals surface area contributed by atoms with Crippen molar-refractivity contribution in [3.05, 3.63) is 29.3 Å². The predicted molar refractivity (Wildman–Crippen MR) is 69.4 cm³/mol. The first-order valence-corrected chi connectivity index (χ1v) is 5.75. The van der Waals surface area contributed by atoms with Crippen LogP contribution in [0.15, 0.2) is 18.2 Å². The number of nitrogens with one attached hydrogen (secondary N) is 1. The first kappa shape index (κ1) is 14.2. The summed E-state index contributed by atoms with van der Waals surface area (Å²) in [7, 11) is 1.32. The fraction of sp³-hybridized carbons (Fsp3) is 0.385. The Balaban J connectivity index is 2.98. The summed E-state index contributed by atoms with van der Waals surface area (Å²) in [6.45, 7) is 3.58. The van der Waals surface area contributed by atoms with Crippen molar-refractivity contribution >= 4 is 17.6 Å². The second kappa shape index (κ2) is 6.16. The smallest absolute Gasteiger partial charge is 0.338 e. The molecule has 0 aromatic heterocycles. The fourth-order valence-electron chi connectivity index (χ4n) is 1.51. The van der Waals surface area contributed by atoms with Crippen molar-refractivity contribution in [1.29, 1.82) is 0 Å². The molecule has 18 heavy (non-hydrogen) atoms. The molecule has 0 unspecified atom stereocenters. The minimum Gasteiger partial charge on any atom is -0.465 e. The van der Waals surface area contributed by atoms with Crippen LogP contribution in [-0.2, 0) is 9.53 Å². The monoisotopic (exact) mass is 250 g/mol. The highest BCUT2D eigenvalue weighted by molar-refractivity contribution is 5.98. The van der Waals surface area contributed by atoms with E-state index in [9.17, 15) is 9.59 Å². The third-order valence-corrected chi connectivity index (χ3v) is 2.77. The van der Waals surface area contributed by atoms with Gasteiger partial charge in [-0.05, 0) is 31.0 Å². The summed E-state index contributed by atoms with van der Waals surface area (Å²) >= 11 is 0. The Morgan fingerprint density at radius 1 is 1.44 bits per heavy atom. The van der Waals surface area contributed by atoms with E-state index in [2.05, 4.69) is 10.1 Å². The van der Waals surface area contributed by atoms with Gasteiger partial charge < -0.3 is 15.8 Å². The normalized spacial score (nSPS) is 11.8. The van der Waals surface area contributed by atoms with Gasteiger partial charge in [0.15, 0.2) is 0 Å². The Bertz CT molecular complexity index is 458. The van der Waals surface area contributed by atoms with Crippen molar-refractivity contribution in [3.63, 3.8) is 0 Å². The van der Waals surface area contributed by atoms with Crippen molar-refractivity contribution in [1.82, 2.24) is 0 Å². The molecule has 0 fully saturated rings. The van der Waals surface area contributed by atoms with Crippen molar-refractivity contribution in [2.45, 2.75) is 26.3 Å². The maximum atomic E-state index is 11.7. The molecular formula is C13H18N2O3. The maximum absolute atomic E-state index is 11.7. The van der Waals surface area contributed by atoms with Crippen LogP contribution in [0.3, 0.4) is 0 Å². The molecule has 1 rings (SSSR count). The molecule has 0 spiro atoms. The molecule has 0 heterocycles. The van der Waals surface area contributed by atoms with Gasteiger partial charge in [-0.15, -0.1) is 0 Å². The molecular weight excluding hydrogens is 232 g/mol. The van der Waals surface area contributed by atoms with E-state index in [-0.39, 0.29) is 5.91 Å². The molecule has 0 aliphatic carbocycles. The summed E-state index contributed by atoms with van der Waals surface area (Å²) in [5.74, 6) is -0.689. The van der Waals surface area contributed by atoms with Crippen LogP contribution >= 0.6 is 0 Å². The number of carbonyl (C=O) groups excluding carboxylic acids is 2. The van der Waals surface area contributed by atoms with Crippen molar-refractivity contribution in [2.75, 3.05) is 12.4 Å². The lowest BCUT2D eigenvalue weighted by Gasteiger charge is -2.13. The summed E-state index contributed by atoms with van der Waals surface area (Å²) < 4.78 is 4.67. The number of methoxy groups -OCH3 is 1. The number of rotatable bonds is 4. The zero-order chi connectivity index (χ0) is 13.7. The van der Waals surface area contributed by atoms with Gasteiger partial charge in [-0.25, -0.2) is 4.79 Å². The Kier molecular flexibility index (Phi) is 4.85. The molecule has 1 atom stereocenters. The Labute approximate surface area is 106 Å². The summed E-state index contributed by atoms with van der Waals surface area (Å²) in [5.41, 5.74) is 7.31. The maximum Gasteiger partial charge on any atom is 0.338 e. The minimum atomic E-state index is -0.550. The molecule has 5 heteroatoms. The largest absolute Gasteiger partial charge is 0.465 e. The van der Waals surface area contributed by atoms with E-state index in [0.717, 1.165) is 0 Å². The van der Waals surface area contributed by atoms with E-state index in [1.165, 1.54) is 7.11 Å².